The smallest absolute Gasteiger partial charge is 0.257 e. The molecule has 3 aromatic rings. The molecule has 156 valence electrons. The topological polar surface area (TPSA) is 80.5 Å². The maximum atomic E-state index is 12.7. The van der Waals surface area contributed by atoms with E-state index in [-0.39, 0.29) is 11.8 Å². The highest BCUT2D eigenvalue weighted by atomic mass is 16.5. The van der Waals surface area contributed by atoms with E-state index in [1.54, 1.807) is 7.11 Å². The molecule has 1 aromatic heterocycles. The van der Waals surface area contributed by atoms with Gasteiger partial charge in [-0.2, -0.15) is 4.98 Å². The third kappa shape index (κ3) is 4.86. The van der Waals surface area contributed by atoms with E-state index in [0.717, 1.165) is 36.4 Å². The second-order valence-corrected chi connectivity index (χ2v) is 7.67. The number of carbonyl (C=O) groups is 1. The van der Waals surface area contributed by atoms with Gasteiger partial charge in [0.1, 0.15) is 5.75 Å². The highest BCUT2D eigenvalue weighted by Crippen LogP contribution is 2.22. The van der Waals surface area contributed by atoms with Gasteiger partial charge < -0.3 is 14.6 Å². The molecule has 1 aliphatic rings. The second-order valence-electron chi connectivity index (χ2n) is 7.67. The molecule has 1 unspecified atom stereocenters. The second kappa shape index (κ2) is 9.09. The summed E-state index contributed by atoms with van der Waals surface area (Å²) < 4.78 is 10.6. The first-order chi connectivity index (χ1) is 14.6. The minimum absolute atomic E-state index is 0.0401. The summed E-state index contributed by atoms with van der Waals surface area (Å²) in [5, 5.41) is 7.13. The van der Waals surface area contributed by atoms with Crippen LogP contribution in [0.25, 0.3) is 11.5 Å². The normalized spacial score (nSPS) is 16.9. The molecular weight excluding hydrogens is 380 g/mol. The number of rotatable bonds is 6. The number of hydrogen-bond donors (Lipinski definition) is 1. The Labute approximate surface area is 176 Å². The molecule has 4 rings (SSSR count). The van der Waals surface area contributed by atoms with Crippen molar-refractivity contribution in [2.45, 2.75) is 26.3 Å². The van der Waals surface area contributed by atoms with Crippen molar-refractivity contribution in [3.63, 3.8) is 0 Å². The van der Waals surface area contributed by atoms with Crippen molar-refractivity contribution >= 4 is 11.6 Å². The average Bonchev–Trinajstić information content (AvgIpc) is 3.23. The van der Waals surface area contributed by atoms with Crippen LogP contribution in [-0.2, 0) is 11.3 Å². The molecule has 1 aliphatic heterocycles. The van der Waals surface area contributed by atoms with Crippen LogP contribution in [0.2, 0.25) is 0 Å². The zero-order chi connectivity index (χ0) is 20.9. The first-order valence-electron chi connectivity index (χ1n) is 10.2. The summed E-state index contributed by atoms with van der Waals surface area (Å²) >= 11 is 0. The van der Waals surface area contributed by atoms with Crippen LogP contribution in [0.3, 0.4) is 0 Å². The maximum Gasteiger partial charge on any atom is 0.257 e. The standard InChI is InChI=1S/C23H26N4O3/c1-16-5-7-17(8-6-16)23-25-21(26-30-23)15-27-13-3-4-18(14-27)22(28)24-19-9-11-20(29-2)12-10-19/h5-12,18H,3-4,13-15H2,1-2H3,(H,24,28). The predicted molar refractivity (Wildman–Crippen MR) is 114 cm³/mol. The number of hydrogen-bond acceptors (Lipinski definition) is 6. The van der Waals surface area contributed by atoms with Gasteiger partial charge in [0.25, 0.3) is 5.89 Å². The molecule has 1 atom stereocenters. The van der Waals surface area contributed by atoms with Gasteiger partial charge in [-0.15, -0.1) is 0 Å². The van der Waals surface area contributed by atoms with Gasteiger partial charge in [0.05, 0.1) is 19.6 Å². The number of anilines is 1. The monoisotopic (exact) mass is 406 g/mol. The molecule has 1 saturated heterocycles. The Morgan fingerprint density at radius 3 is 2.70 bits per heavy atom. The third-order valence-corrected chi connectivity index (χ3v) is 5.37. The fraction of sp³-hybridized carbons (Fsp3) is 0.348. The number of nitrogens with zero attached hydrogens (tertiary/aromatic N) is 3. The number of nitrogens with one attached hydrogen (secondary N) is 1. The van der Waals surface area contributed by atoms with Crippen LogP contribution in [-0.4, -0.2) is 41.1 Å². The van der Waals surface area contributed by atoms with Crippen LogP contribution in [0.4, 0.5) is 5.69 Å². The summed E-state index contributed by atoms with van der Waals surface area (Å²) in [6, 6.07) is 15.4. The molecular formula is C23H26N4O3. The number of aromatic nitrogens is 2. The van der Waals surface area contributed by atoms with Crippen molar-refractivity contribution in [3.8, 4) is 17.2 Å². The SMILES string of the molecule is COc1ccc(NC(=O)C2CCCN(Cc3noc(-c4ccc(C)cc4)n3)C2)cc1. The molecule has 2 heterocycles. The van der Waals surface area contributed by atoms with E-state index in [9.17, 15) is 4.79 Å². The van der Waals surface area contributed by atoms with Gasteiger partial charge in [0.15, 0.2) is 5.82 Å². The van der Waals surface area contributed by atoms with Gasteiger partial charge in [-0.3, -0.25) is 9.69 Å². The maximum absolute atomic E-state index is 12.7. The molecule has 7 heteroatoms. The molecule has 1 N–H and O–H groups in total. The summed E-state index contributed by atoms with van der Waals surface area (Å²) in [6.07, 6.45) is 1.84. The van der Waals surface area contributed by atoms with E-state index in [1.165, 1.54) is 5.56 Å². The zero-order valence-electron chi connectivity index (χ0n) is 17.3. The lowest BCUT2D eigenvalue weighted by Crippen LogP contribution is -2.40. The van der Waals surface area contributed by atoms with Crippen LogP contribution >= 0.6 is 0 Å². The number of piperidine rings is 1. The molecule has 7 nitrogen and oxygen atoms in total. The van der Waals surface area contributed by atoms with Crippen LogP contribution < -0.4 is 10.1 Å². The Hall–Kier alpha value is -3.19. The predicted octanol–water partition coefficient (Wildman–Crippen LogP) is 3.90. The number of likely N-dealkylation sites (tertiary alicyclic amines) is 1. The van der Waals surface area contributed by atoms with E-state index >= 15 is 0 Å². The number of methoxy groups -OCH3 is 1. The average molecular weight is 406 g/mol. The number of carbonyl (C=O) groups excluding carboxylic acids is 1. The van der Waals surface area contributed by atoms with Gasteiger partial charge in [-0.25, -0.2) is 0 Å². The van der Waals surface area contributed by atoms with Crippen molar-refractivity contribution in [1.82, 2.24) is 15.0 Å². The highest BCUT2D eigenvalue weighted by Gasteiger charge is 2.27. The van der Waals surface area contributed by atoms with E-state index in [0.29, 0.717) is 24.8 Å². The zero-order valence-corrected chi connectivity index (χ0v) is 17.3. The lowest BCUT2D eigenvalue weighted by molar-refractivity contribution is -0.121. The minimum Gasteiger partial charge on any atom is -0.497 e. The number of amides is 1. The van der Waals surface area contributed by atoms with E-state index in [1.807, 2.05) is 55.5 Å². The highest BCUT2D eigenvalue weighted by molar-refractivity contribution is 5.92. The van der Waals surface area contributed by atoms with Gasteiger partial charge in [0.2, 0.25) is 5.91 Å². The Morgan fingerprint density at radius 2 is 1.97 bits per heavy atom. The van der Waals surface area contributed by atoms with Crippen molar-refractivity contribution in [2.24, 2.45) is 5.92 Å². The van der Waals surface area contributed by atoms with Gasteiger partial charge in [-0.1, -0.05) is 22.9 Å². The molecule has 0 saturated carbocycles. The van der Waals surface area contributed by atoms with Crippen LogP contribution in [0.1, 0.15) is 24.2 Å². The molecule has 0 spiro atoms. The summed E-state index contributed by atoms with van der Waals surface area (Å²) in [5.74, 6) is 1.90. The summed E-state index contributed by atoms with van der Waals surface area (Å²) in [4.78, 5) is 19.5. The molecule has 2 aromatic carbocycles. The number of ether oxygens (including phenoxy) is 1. The molecule has 0 aliphatic carbocycles. The first kappa shape index (κ1) is 20.1. The summed E-state index contributed by atoms with van der Waals surface area (Å²) in [5.41, 5.74) is 2.87. The summed E-state index contributed by atoms with van der Waals surface area (Å²) in [6.45, 7) is 4.21. The van der Waals surface area contributed by atoms with Crippen molar-refractivity contribution in [1.29, 1.82) is 0 Å². The third-order valence-electron chi connectivity index (χ3n) is 5.37. The Morgan fingerprint density at radius 1 is 1.20 bits per heavy atom. The van der Waals surface area contributed by atoms with Crippen LogP contribution in [0.5, 0.6) is 5.75 Å². The number of aryl methyl sites for hydroxylation is 1. The lowest BCUT2D eigenvalue weighted by Gasteiger charge is -2.31. The minimum atomic E-state index is -0.0654. The van der Waals surface area contributed by atoms with E-state index in [4.69, 9.17) is 9.26 Å². The molecule has 30 heavy (non-hydrogen) atoms. The first-order valence-corrected chi connectivity index (χ1v) is 10.2. The van der Waals surface area contributed by atoms with Crippen LogP contribution in [0, 0.1) is 12.8 Å². The fourth-order valence-corrected chi connectivity index (χ4v) is 3.66. The van der Waals surface area contributed by atoms with Gasteiger partial charge in [-0.05, 0) is 62.7 Å². The summed E-state index contributed by atoms with van der Waals surface area (Å²) in [7, 11) is 1.62. The van der Waals surface area contributed by atoms with Crippen LogP contribution in [0.15, 0.2) is 53.1 Å². The Kier molecular flexibility index (Phi) is 6.09. The number of benzene rings is 2. The van der Waals surface area contributed by atoms with E-state index in [2.05, 4.69) is 20.4 Å². The van der Waals surface area contributed by atoms with E-state index < -0.39 is 0 Å². The van der Waals surface area contributed by atoms with Crippen molar-refractivity contribution in [2.75, 3.05) is 25.5 Å². The van der Waals surface area contributed by atoms with Crippen molar-refractivity contribution < 1.29 is 14.1 Å². The largest absolute Gasteiger partial charge is 0.497 e. The fourth-order valence-electron chi connectivity index (χ4n) is 3.66. The molecule has 0 radical (unpaired) electrons. The molecule has 1 amide bonds. The lowest BCUT2D eigenvalue weighted by atomic mass is 9.97. The van der Waals surface area contributed by atoms with Crippen molar-refractivity contribution in [3.05, 3.63) is 59.9 Å². The van der Waals surface area contributed by atoms with Gasteiger partial charge >= 0.3 is 0 Å². The Balaban J connectivity index is 1.34. The molecule has 1 fully saturated rings. The Bertz CT molecular complexity index is 982. The van der Waals surface area contributed by atoms with Gasteiger partial charge in [0, 0.05) is 17.8 Å². The molecule has 0 bridgehead atoms. The quantitative estimate of drug-likeness (QED) is 0.669.